The van der Waals surface area contributed by atoms with Crippen molar-refractivity contribution in [1.82, 2.24) is 15.0 Å². The number of rotatable bonds is 6. The van der Waals surface area contributed by atoms with E-state index in [9.17, 15) is 9.18 Å². The van der Waals surface area contributed by atoms with Gasteiger partial charge in [0.2, 0.25) is 0 Å². The van der Waals surface area contributed by atoms with Crippen molar-refractivity contribution >= 4 is 40.5 Å². The van der Waals surface area contributed by atoms with Crippen LogP contribution in [0.4, 0.5) is 43.7 Å². The van der Waals surface area contributed by atoms with Crippen LogP contribution in [0.15, 0.2) is 66.9 Å². The predicted molar refractivity (Wildman–Crippen MR) is 133 cm³/mol. The number of carbonyl (C=O) groups is 1. The van der Waals surface area contributed by atoms with Gasteiger partial charge in [0, 0.05) is 29.3 Å². The lowest BCUT2D eigenvalue weighted by Gasteiger charge is -2.11. The van der Waals surface area contributed by atoms with E-state index >= 15 is 0 Å². The summed E-state index contributed by atoms with van der Waals surface area (Å²) in [6.45, 7) is 5.47. The van der Waals surface area contributed by atoms with E-state index in [1.165, 1.54) is 6.07 Å². The molecule has 0 unspecified atom stereocenters. The molecule has 34 heavy (non-hydrogen) atoms. The van der Waals surface area contributed by atoms with Gasteiger partial charge in [-0.2, -0.15) is 0 Å². The maximum atomic E-state index is 13.7. The molecule has 0 spiro atoms. The summed E-state index contributed by atoms with van der Waals surface area (Å²) in [6.07, 6.45) is 1.74. The fraction of sp³-hybridized carbons (Fsp3) is 0.120. The van der Waals surface area contributed by atoms with Crippen LogP contribution in [0, 0.1) is 26.6 Å². The Hall–Kier alpha value is -4.53. The topological polar surface area (TPSA) is 104 Å². The van der Waals surface area contributed by atoms with E-state index in [2.05, 4.69) is 36.2 Å². The number of carbonyl (C=O) groups excluding carboxylic acids is 1. The Kier molecular flexibility index (Phi) is 6.63. The van der Waals surface area contributed by atoms with E-state index < -0.39 is 6.03 Å². The summed E-state index contributed by atoms with van der Waals surface area (Å²) in [6, 6.07) is 16.9. The lowest BCUT2D eigenvalue weighted by molar-refractivity contribution is 0.262. The van der Waals surface area contributed by atoms with E-state index in [1.54, 1.807) is 43.5 Å². The minimum atomic E-state index is -0.462. The normalized spacial score (nSPS) is 10.5. The average Bonchev–Trinajstić information content (AvgIpc) is 2.77. The van der Waals surface area contributed by atoms with Crippen LogP contribution >= 0.6 is 0 Å². The van der Waals surface area contributed by atoms with Crippen molar-refractivity contribution in [2.75, 3.05) is 21.3 Å². The van der Waals surface area contributed by atoms with Gasteiger partial charge in [0.05, 0.1) is 0 Å². The number of anilines is 6. The van der Waals surface area contributed by atoms with Crippen molar-refractivity contribution < 1.29 is 9.18 Å². The third kappa shape index (κ3) is 6.04. The molecule has 0 aliphatic rings. The lowest BCUT2D eigenvalue weighted by atomic mass is 10.2. The Labute approximate surface area is 196 Å². The van der Waals surface area contributed by atoms with Crippen molar-refractivity contribution in [3.63, 3.8) is 0 Å². The largest absolute Gasteiger partial charge is 0.340 e. The Morgan fingerprint density at radius 2 is 1.38 bits per heavy atom. The van der Waals surface area contributed by atoms with E-state index in [1.807, 2.05) is 38.1 Å². The van der Waals surface area contributed by atoms with Gasteiger partial charge < -0.3 is 21.3 Å². The molecule has 2 aromatic heterocycles. The van der Waals surface area contributed by atoms with Gasteiger partial charge in [-0.25, -0.2) is 24.1 Å². The van der Waals surface area contributed by atoms with Gasteiger partial charge in [-0.15, -0.1) is 0 Å². The number of hydrogen-bond donors (Lipinski definition) is 4. The highest BCUT2D eigenvalue weighted by Gasteiger charge is 2.07. The first-order valence-corrected chi connectivity index (χ1v) is 10.6. The molecule has 0 saturated carbocycles. The van der Waals surface area contributed by atoms with Crippen LogP contribution in [0.25, 0.3) is 0 Å². The lowest BCUT2D eigenvalue weighted by Crippen LogP contribution is -2.19. The van der Waals surface area contributed by atoms with Crippen LogP contribution in [-0.4, -0.2) is 21.0 Å². The molecule has 2 heterocycles. The highest BCUT2D eigenvalue weighted by molar-refractivity contribution is 5.99. The molecule has 2 aromatic carbocycles. The Morgan fingerprint density at radius 1 is 0.735 bits per heavy atom. The van der Waals surface area contributed by atoms with Crippen molar-refractivity contribution in [2.24, 2.45) is 0 Å². The molecule has 2 amide bonds. The molecule has 0 aliphatic heterocycles. The highest BCUT2D eigenvalue weighted by atomic mass is 19.1. The van der Waals surface area contributed by atoms with Crippen LogP contribution < -0.4 is 21.3 Å². The fourth-order valence-corrected chi connectivity index (χ4v) is 3.18. The van der Waals surface area contributed by atoms with E-state index in [4.69, 9.17) is 0 Å². The molecule has 0 bridgehead atoms. The van der Waals surface area contributed by atoms with Crippen molar-refractivity contribution in [3.8, 4) is 0 Å². The van der Waals surface area contributed by atoms with Gasteiger partial charge >= 0.3 is 6.03 Å². The van der Waals surface area contributed by atoms with Gasteiger partial charge in [-0.05, 0) is 80.4 Å². The molecule has 4 aromatic rings. The zero-order valence-corrected chi connectivity index (χ0v) is 19.0. The third-order valence-corrected chi connectivity index (χ3v) is 4.85. The minimum absolute atomic E-state index is 0.373. The van der Waals surface area contributed by atoms with Gasteiger partial charge in [0.1, 0.15) is 29.1 Å². The van der Waals surface area contributed by atoms with Crippen LogP contribution in [0.3, 0.4) is 0 Å². The zero-order valence-electron chi connectivity index (χ0n) is 19.0. The van der Waals surface area contributed by atoms with Crippen LogP contribution in [0.5, 0.6) is 0 Å². The second kappa shape index (κ2) is 9.95. The standard InChI is InChI=1S/C25H24FN7O/c1-15-10-11-27-22(12-15)33-24-14-23(28-17(3)29-24)30-18-6-8-19(9-7-18)31-25(34)32-20-5-4-16(2)21(26)13-20/h4-14H,1-3H3,(H2,31,32,34)(H2,27,28,29,30,33). The molecule has 172 valence electrons. The number of hydrogen-bond acceptors (Lipinski definition) is 6. The molecular formula is C25H24FN7O. The Balaban J connectivity index is 1.38. The Morgan fingerprint density at radius 3 is 2.09 bits per heavy atom. The minimum Gasteiger partial charge on any atom is -0.340 e. The summed E-state index contributed by atoms with van der Waals surface area (Å²) < 4.78 is 13.7. The first-order chi connectivity index (χ1) is 16.3. The van der Waals surface area contributed by atoms with E-state index in [-0.39, 0.29) is 5.82 Å². The molecule has 0 saturated heterocycles. The predicted octanol–water partition coefficient (Wildman–Crippen LogP) is 6.07. The number of aromatic nitrogens is 3. The monoisotopic (exact) mass is 457 g/mol. The molecule has 0 atom stereocenters. The van der Waals surface area contributed by atoms with Crippen molar-refractivity contribution in [1.29, 1.82) is 0 Å². The quantitative estimate of drug-likeness (QED) is 0.280. The number of benzene rings is 2. The average molecular weight is 458 g/mol. The number of halogens is 1. The zero-order chi connectivity index (χ0) is 24.1. The molecule has 4 rings (SSSR count). The highest BCUT2D eigenvalue weighted by Crippen LogP contribution is 2.22. The van der Waals surface area contributed by atoms with E-state index in [0.717, 1.165) is 11.3 Å². The Bertz CT molecular complexity index is 1330. The van der Waals surface area contributed by atoms with Crippen LogP contribution in [0.2, 0.25) is 0 Å². The summed E-state index contributed by atoms with van der Waals surface area (Å²) in [5.41, 5.74) is 3.35. The number of pyridine rings is 1. The van der Waals surface area contributed by atoms with Gasteiger partial charge in [0.25, 0.3) is 0 Å². The first kappa shape index (κ1) is 22.7. The first-order valence-electron chi connectivity index (χ1n) is 10.6. The van der Waals surface area contributed by atoms with E-state index in [0.29, 0.717) is 40.2 Å². The van der Waals surface area contributed by atoms with Crippen LogP contribution in [-0.2, 0) is 0 Å². The number of urea groups is 1. The fourth-order valence-electron chi connectivity index (χ4n) is 3.18. The molecule has 4 N–H and O–H groups in total. The second-order valence-electron chi connectivity index (χ2n) is 7.77. The third-order valence-electron chi connectivity index (χ3n) is 4.85. The molecule has 0 radical (unpaired) electrons. The second-order valence-corrected chi connectivity index (χ2v) is 7.77. The smallest absolute Gasteiger partial charge is 0.323 e. The number of nitrogens with one attached hydrogen (secondary N) is 4. The summed E-state index contributed by atoms with van der Waals surface area (Å²) in [5.74, 6) is 2.16. The molecule has 9 heteroatoms. The SMILES string of the molecule is Cc1ccnc(Nc2cc(Nc3ccc(NC(=O)Nc4ccc(C)c(F)c4)cc3)nc(C)n2)c1. The summed E-state index contributed by atoms with van der Waals surface area (Å²) in [7, 11) is 0. The summed E-state index contributed by atoms with van der Waals surface area (Å²) in [4.78, 5) is 25.3. The summed E-state index contributed by atoms with van der Waals surface area (Å²) in [5, 5.41) is 11.8. The number of amides is 2. The van der Waals surface area contributed by atoms with Gasteiger partial charge in [-0.3, -0.25) is 0 Å². The van der Waals surface area contributed by atoms with Crippen molar-refractivity contribution in [3.05, 3.63) is 89.6 Å². The van der Waals surface area contributed by atoms with Gasteiger partial charge in [0.15, 0.2) is 0 Å². The molecular weight excluding hydrogens is 433 g/mol. The van der Waals surface area contributed by atoms with Crippen molar-refractivity contribution in [2.45, 2.75) is 20.8 Å². The van der Waals surface area contributed by atoms with Gasteiger partial charge in [-0.1, -0.05) is 6.07 Å². The summed E-state index contributed by atoms with van der Waals surface area (Å²) >= 11 is 0. The van der Waals surface area contributed by atoms with Crippen LogP contribution in [0.1, 0.15) is 17.0 Å². The molecule has 0 aliphatic carbocycles. The maximum absolute atomic E-state index is 13.7. The maximum Gasteiger partial charge on any atom is 0.323 e. The number of nitrogens with zero attached hydrogens (tertiary/aromatic N) is 3. The molecule has 8 nitrogen and oxygen atoms in total. The molecule has 0 fully saturated rings. The number of aryl methyl sites for hydroxylation is 3.